The van der Waals surface area contributed by atoms with Crippen LogP contribution in [0.25, 0.3) is 0 Å². The number of hydrogen-bond acceptors (Lipinski definition) is 2. The Morgan fingerprint density at radius 1 is 1.10 bits per heavy atom. The van der Waals surface area contributed by atoms with Gasteiger partial charge in [0.15, 0.2) is 0 Å². The zero-order valence-corrected chi connectivity index (χ0v) is 13.8. The van der Waals surface area contributed by atoms with Crippen molar-refractivity contribution in [3.63, 3.8) is 0 Å². The molecule has 1 unspecified atom stereocenters. The average molecular weight is 288 g/mol. The third-order valence-corrected chi connectivity index (χ3v) is 4.62. The van der Waals surface area contributed by atoms with Gasteiger partial charge in [0.1, 0.15) is 0 Å². The lowest BCUT2D eigenvalue weighted by atomic mass is 9.96. The van der Waals surface area contributed by atoms with Gasteiger partial charge >= 0.3 is 0 Å². The summed E-state index contributed by atoms with van der Waals surface area (Å²) in [5, 5.41) is 3.39. The van der Waals surface area contributed by atoms with Gasteiger partial charge in [-0.25, -0.2) is 0 Å². The van der Waals surface area contributed by atoms with Crippen LogP contribution in [0.4, 0.5) is 0 Å². The fraction of sp³-hybridized carbons (Fsp3) is 0.611. The molecule has 0 aliphatic carbocycles. The molecule has 1 aliphatic rings. The Morgan fingerprint density at radius 3 is 2.38 bits per heavy atom. The van der Waals surface area contributed by atoms with E-state index in [0.717, 1.165) is 25.9 Å². The molecule has 1 aromatic carbocycles. The summed E-state index contributed by atoms with van der Waals surface area (Å²) in [5.41, 5.74) is 5.23. The van der Waals surface area contributed by atoms with E-state index in [-0.39, 0.29) is 11.9 Å². The highest BCUT2D eigenvalue weighted by molar-refractivity contribution is 5.78. The van der Waals surface area contributed by atoms with Crippen molar-refractivity contribution in [1.82, 2.24) is 10.2 Å². The first-order valence-corrected chi connectivity index (χ1v) is 8.08. The summed E-state index contributed by atoms with van der Waals surface area (Å²) in [6, 6.07) is 4.68. The van der Waals surface area contributed by atoms with Gasteiger partial charge in [0.25, 0.3) is 0 Å². The third kappa shape index (κ3) is 4.07. The Labute approximate surface area is 128 Å². The van der Waals surface area contributed by atoms with Gasteiger partial charge in [0.05, 0.1) is 6.54 Å². The number of likely N-dealkylation sites (tertiary alicyclic amines) is 1. The number of nitrogens with one attached hydrogen (secondary N) is 1. The van der Waals surface area contributed by atoms with Gasteiger partial charge < -0.3 is 10.2 Å². The third-order valence-electron chi connectivity index (χ3n) is 4.62. The van der Waals surface area contributed by atoms with Crippen molar-refractivity contribution in [2.75, 3.05) is 19.6 Å². The number of aryl methyl sites for hydroxylation is 3. The molecule has 2 rings (SSSR count). The van der Waals surface area contributed by atoms with Gasteiger partial charge in [-0.2, -0.15) is 0 Å². The fourth-order valence-corrected chi connectivity index (χ4v) is 3.05. The van der Waals surface area contributed by atoms with Crippen LogP contribution in [0.15, 0.2) is 12.1 Å². The van der Waals surface area contributed by atoms with Crippen LogP contribution in [-0.2, 0) is 4.79 Å². The topological polar surface area (TPSA) is 32.3 Å². The SMILES string of the molecule is Cc1cc(C)c(C(C)NCC(=O)N2CCCCC2)cc1C. The van der Waals surface area contributed by atoms with Crippen molar-refractivity contribution in [2.45, 2.75) is 53.0 Å². The highest BCUT2D eigenvalue weighted by Gasteiger charge is 2.17. The predicted octanol–water partition coefficient (Wildman–Crippen LogP) is 3.27. The lowest BCUT2D eigenvalue weighted by Crippen LogP contribution is -2.41. The first kappa shape index (κ1) is 16.0. The second-order valence-electron chi connectivity index (χ2n) is 6.34. The molecule has 0 bridgehead atoms. The van der Waals surface area contributed by atoms with Crippen LogP contribution in [0.5, 0.6) is 0 Å². The summed E-state index contributed by atoms with van der Waals surface area (Å²) in [4.78, 5) is 14.2. The molecular formula is C18H28N2O. The number of hydrogen-bond donors (Lipinski definition) is 1. The Kier molecular flexibility index (Phi) is 5.40. The van der Waals surface area contributed by atoms with Gasteiger partial charge in [0, 0.05) is 19.1 Å². The molecule has 0 spiro atoms. The molecule has 116 valence electrons. The molecule has 21 heavy (non-hydrogen) atoms. The van der Waals surface area contributed by atoms with Crippen molar-refractivity contribution in [1.29, 1.82) is 0 Å². The van der Waals surface area contributed by atoms with Crippen LogP contribution in [0.2, 0.25) is 0 Å². The number of benzene rings is 1. The van der Waals surface area contributed by atoms with Gasteiger partial charge in [-0.1, -0.05) is 12.1 Å². The highest BCUT2D eigenvalue weighted by atomic mass is 16.2. The second kappa shape index (κ2) is 7.08. The maximum absolute atomic E-state index is 12.2. The van der Waals surface area contributed by atoms with E-state index in [2.05, 4.69) is 45.1 Å². The average Bonchev–Trinajstić information content (AvgIpc) is 2.49. The fourth-order valence-electron chi connectivity index (χ4n) is 3.05. The highest BCUT2D eigenvalue weighted by Crippen LogP contribution is 2.21. The number of carbonyl (C=O) groups is 1. The summed E-state index contributed by atoms with van der Waals surface area (Å²) >= 11 is 0. The molecule has 1 atom stereocenters. The van der Waals surface area contributed by atoms with E-state index in [1.807, 2.05) is 4.90 Å². The Balaban J connectivity index is 1.93. The van der Waals surface area contributed by atoms with E-state index in [4.69, 9.17) is 0 Å². The molecule has 1 aliphatic heterocycles. The molecule has 1 heterocycles. The van der Waals surface area contributed by atoms with Crippen molar-refractivity contribution >= 4 is 5.91 Å². The van der Waals surface area contributed by atoms with E-state index in [1.54, 1.807) is 0 Å². The van der Waals surface area contributed by atoms with Crippen molar-refractivity contribution in [3.8, 4) is 0 Å². The number of amides is 1. The molecule has 0 radical (unpaired) electrons. The lowest BCUT2D eigenvalue weighted by Gasteiger charge is -2.27. The van der Waals surface area contributed by atoms with Crippen molar-refractivity contribution < 1.29 is 4.79 Å². The monoisotopic (exact) mass is 288 g/mol. The molecule has 3 nitrogen and oxygen atoms in total. The zero-order chi connectivity index (χ0) is 15.4. The van der Waals surface area contributed by atoms with Crippen molar-refractivity contribution in [2.24, 2.45) is 0 Å². The van der Waals surface area contributed by atoms with Crippen LogP contribution < -0.4 is 5.32 Å². The molecule has 1 saturated heterocycles. The minimum Gasteiger partial charge on any atom is -0.342 e. The van der Waals surface area contributed by atoms with Gasteiger partial charge in [-0.3, -0.25) is 4.79 Å². The Morgan fingerprint density at radius 2 is 1.71 bits per heavy atom. The molecule has 1 N–H and O–H groups in total. The van der Waals surface area contributed by atoms with E-state index in [9.17, 15) is 4.79 Å². The van der Waals surface area contributed by atoms with E-state index >= 15 is 0 Å². The molecule has 1 aromatic rings. The maximum Gasteiger partial charge on any atom is 0.236 e. The van der Waals surface area contributed by atoms with E-state index in [1.165, 1.54) is 28.7 Å². The maximum atomic E-state index is 12.2. The molecular weight excluding hydrogens is 260 g/mol. The van der Waals surface area contributed by atoms with Crippen LogP contribution in [-0.4, -0.2) is 30.4 Å². The summed E-state index contributed by atoms with van der Waals surface area (Å²) < 4.78 is 0. The van der Waals surface area contributed by atoms with Crippen molar-refractivity contribution in [3.05, 3.63) is 34.4 Å². The Hall–Kier alpha value is -1.35. The summed E-state index contributed by atoms with van der Waals surface area (Å²) in [6.07, 6.45) is 3.56. The molecule has 0 saturated carbocycles. The largest absolute Gasteiger partial charge is 0.342 e. The standard InChI is InChI=1S/C18H28N2O/c1-13-10-15(3)17(11-14(13)2)16(4)19-12-18(21)20-8-6-5-7-9-20/h10-11,16,19H,5-9,12H2,1-4H3. The van der Waals surface area contributed by atoms with E-state index < -0.39 is 0 Å². The second-order valence-corrected chi connectivity index (χ2v) is 6.34. The van der Waals surface area contributed by atoms with E-state index in [0.29, 0.717) is 6.54 Å². The zero-order valence-electron chi connectivity index (χ0n) is 13.8. The lowest BCUT2D eigenvalue weighted by molar-refractivity contribution is -0.131. The molecule has 1 amide bonds. The number of piperidine rings is 1. The van der Waals surface area contributed by atoms with Gasteiger partial charge in [0.2, 0.25) is 5.91 Å². The first-order chi connectivity index (χ1) is 9.99. The minimum absolute atomic E-state index is 0.207. The number of nitrogens with zero attached hydrogens (tertiary/aromatic N) is 1. The van der Waals surface area contributed by atoms with Crippen LogP contribution in [0.3, 0.4) is 0 Å². The van der Waals surface area contributed by atoms with Crippen LogP contribution in [0, 0.1) is 20.8 Å². The number of rotatable bonds is 4. The summed E-state index contributed by atoms with van der Waals surface area (Å²) in [6.45, 7) is 10.9. The smallest absolute Gasteiger partial charge is 0.236 e. The van der Waals surface area contributed by atoms with Gasteiger partial charge in [-0.15, -0.1) is 0 Å². The number of carbonyl (C=O) groups excluding carboxylic acids is 1. The molecule has 0 aromatic heterocycles. The molecule has 3 heteroatoms. The first-order valence-electron chi connectivity index (χ1n) is 8.08. The van der Waals surface area contributed by atoms with Crippen LogP contribution >= 0.6 is 0 Å². The summed E-state index contributed by atoms with van der Waals surface area (Å²) in [5.74, 6) is 0.239. The predicted molar refractivity (Wildman–Crippen MR) is 87.5 cm³/mol. The normalized spacial score (nSPS) is 16.9. The quantitative estimate of drug-likeness (QED) is 0.922. The molecule has 1 fully saturated rings. The van der Waals surface area contributed by atoms with Crippen LogP contribution in [0.1, 0.15) is 54.5 Å². The Bertz CT molecular complexity index is 504. The minimum atomic E-state index is 0.207. The summed E-state index contributed by atoms with van der Waals surface area (Å²) in [7, 11) is 0. The van der Waals surface area contributed by atoms with Gasteiger partial charge in [-0.05, 0) is 69.2 Å².